The Balaban J connectivity index is 2.07. The Morgan fingerprint density at radius 1 is 0.690 bits per heavy atom. The number of benzene rings is 3. The van der Waals surface area contributed by atoms with E-state index in [9.17, 15) is 16.8 Å². The number of methoxy groups -OCH3 is 2. The third-order valence-electron chi connectivity index (χ3n) is 4.14. The summed E-state index contributed by atoms with van der Waals surface area (Å²) in [4.78, 5) is -0.320. The Morgan fingerprint density at radius 3 is 1.97 bits per heavy atom. The van der Waals surface area contributed by atoms with E-state index in [0.717, 1.165) is 0 Å². The van der Waals surface area contributed by atoms with Crippen LogP contribution in [0, 0.1) is 0 Å². The number of hydrogen-bond acceptors (Lipinski definition) is 6. The van der Waals surface area contributed by atoms with Gasteiger partial charge in [-0.1, -0.05) is 42.5 Å². The van der Waals surface area contributed by atoms with Crippen molar-refractivity contribution >= 4 is 20.0 Å². The monoisotopic (exact) mass is 433 g/mol. The van der Waals surface area contributed by atoms with Gasteiger partial charge in [-0.2, -0.15) is 0 Å². The van der Waals surface area contributed by atoms with Gasteiger partial charge in [-0.3, -0.25) is 0 Å². The highest BCUT2D eigenvalue weighted by atomic mass is 32.3. The van der Waals surface area contributed by atoms with E-state index in [1.54, 1.807) is 36.4 Å². The Morgan fingerprint density at radius 2 is 1.31 bits per heavy atom. The summed E-state index contributed by atoms with van der Waals surface area (Å²) in [5, 5.41) is 0. The molecule has 0 fully saturated rings. The second-order valence-electron chi connectivity index (χ2n) is 5.97. The van der Waals surface area contributed by atoms with E-state index < -0.39 is 20.0 Å². The number of hydrogen-bond donors (Lipinski definition) is 1. The largest absolute Gasteiger partial charge is 0.493 e. The van der Waals surface area contributed by atoms with Crippen LogP contribution in [0.3, 0.4) is 0 Å². The molecule has 0 aliphatic heterocycles. The first kappa shape index (κ1) is 20.8. The minimum atomic E-state index is -4.39. The lowest BCUT2D eigenvalue weighted by Gasteiger charge is -2.14. The molecular formula is C20H19NO6S2. The van der Waals surface area contributed by atoms with Crippen LogP contribution >= 0.6 is 0 Å². The van der Waals surface area contributed by atoms with Crippen LogP contribution in [0.15, 0.2) is 82.6 Å². The molecule has 1 N–H and O–H groups in total. The third kappa shape index (κ3) is 4.42. The van der Waals surface area contributed by atoms with Crippen molar-refractivity contribution in [1.82, 2.24) is 4.13 Å². The Labute approximate surface area is 170 Å². The number of ether oxygens (including phenoxy) is 2. The van der Waals surface area contributed by atoms with Crippen molar-refractivity contribution in [3.63, 3.8) is 0 Å². The van der Waals surface area contributed by atoms with Gasteiger partial charge >= 0.3 is 0 Å². The van der Waals surface area contributed by atoms with Gasteiger partial charge < -0.3 is 9.47 Å². The van der Waals surface area contributed by atoms with Crippen LogP contribution in [0.5, 0.6) is 11.5 Å². The maximum atomic E-state index is 12.9. The topological polar surface area (TPSA) is 98.8 Å². The fraction of sp³-hybridized carbons (Fsp3) is 0.100. The zero-order valence-electron chi connectivity index (χ0n) is 15.7. The fourth-order valence-electron chi connectivity index (χ4n) is 2.78. The standard InChI is InChI=1S/C20H19NO6S2/c1-26-18-13-12-15(14-19(18)27-2)17-10-6-7-11-20(17)29(24,25)21-28(22,23)16-8-4-3-5-9-16/h3-14,21H,1-2H3. The maximum Gasteiger partial charge on any atom is 0.254 e. The average Bonchev–Trinajstić information content (AvgIpc) is 2.73. The average molecular weight is 434 g/mol. The van der Waals surface area contributed by atoms with Gasteiger partial charge in [0.05, 0.1) is 24.0 Å². The second-order valence-corrected chi connectivity index (χ2v) is 9.56. The molecule has 7 nitrogen and oxygen atoms in total. The first-order chi connectivity index (χ1) is 13.8. The molecule has 0 aliphatic carbocycles. The molecule has 0 amide bonds. The highest BCUT2D eigenvalue weighted by molar-refractivity contribution is 8.04. The highest BCUT2D eigenvalue weighted by Crippen LogP contribution is 2.35. The van der Waals surface area contributed by atoms with Crippen LogP contribution < -0.4 is 13.6 Å². The van der Waals surface area contributed by atoms with Gasteiger partial charge in [-0.05, 0) is 35.9 Å². The van der Waals surface area contributed by atoms with E-state index in [2.05, 4.69) is 0 Å². The van der Waals surface area contributed by atoms with Crippen molar-refractivity contribution in [1.29, 1.82) is 0 Å². The SMILES string of the molecule is COc1ccc(-c2ccccc2S(=O)(=O)NS(=O)(=O)c2ccccc2)cc1OC. The van der Waals surface area contributed by atoms with E-state index in [0.29, 0.717) is 22.6 Å². The summed E-state index contributed by atoms with van der Waals surface area (Å²) in [6.07, 6.45) is 0. The van der Waals surface area contributed by atoms with E-state index in [4.69, 9.17) is 9.47 Å². The molecule has 9 heteroatoms. The summed E-state index contributed by atoms with van der Waals surface area (Å²) in [5.74, 6) is 0.906. The zero-order chi connectivity index (χ0) is 21.1. The van der Waals surface area contributed by atoms with Gasteiger partial charge in [-0.15, -0.1) is 4.13 Å². The molecule has 0 aromatic heterocycles. The molecule has 0 unspecified atom stereocenters. The van der Waals surface area contributed by atoms with Gasteiger partial charge in [-0.25, -0.2) is 16.8 Å². The van der Waals surface area contributed by atoms with Crippen molar-refractivity contribution in [2.45, 2.75) is 9.79 Å². The molecule has 0 heterocycles. The molecule has 0 saturated heterocycles. The Kier molecular flexibility index (Phi) is 5.92. The molecule has 0 aliphatic rings. The van der Waals surface area contributed by atoms with Crippen LogP contribution in [-0.4, -0.2) is 31.1 Å². The normalized spacial score (nSPS) is 11.8. The first-order valence-electron chi connectivity index (χ1n) is 8.43. The second kappa shape index (κ2) is 8.24. The van der Waals surface area contributed by atoms with E-state index in [-0.39, 0.29) is 9.79 Å². The minimum Gasteiger partial charge on any atom is -0.493 e. The van der Waals surface area contributed by atoms with Crippen LogP contribution in [0.2, 0.25) is 0 Å². The quantitative estimate of drug-likeness (QED) is 0.615. The maximum absolute atomic E-state index is 12.9. The van der Waals surface area contributed by atoms with Crippen molar-refractivity contribution in [3.05, 3.63) is 72.8 Å². The molecule has 0 radical (unpaired) electrons. The van der Waals surface area contributed by atoms with E-state index >= 15 is 0 Å². The van der Waals surface area contributed by atoms with Crippen molar-refractivity contribution in [3.8, 4) is 22.6 Å². The van der Waals surface area contributed by atoms with Gasteiger partial charge in [0.25, 0.3) is 20.0 Å². The van der Waals surface area contributed by atoms with Crippen LogP contribution in [0.25, 0.3) is 11.1 Å². The molecular weight excluding hydrogens is 414 g/mol. The van der Waals surface area contributed by atoms with Gasteiger partial charge in [0, 0.05) is 5.56 Å². The van der Waals surface area contributed by atoms with Crippen LogP contribution in [0.1, 0.15) is 0 Å². The summed E-state index contributed by atoms with van der Waals surface area (Å²) >= 11 is 0. The molecule has 0 atom stereocenters. The minimum absolute atomic E-state index is 0.146. The molecule has 0 bridgehead atoms. The summed E-state index contributed by atoms with van der Waals surface area (Å²) in [5.41, 5.74) is 0.852. The number of nitrogens with one attached hydrogen (secondary N) is 1. The summed E-state index contributed by atoms with van der Waals surface area (Å²) in [6.45, 7) is 0. The molecule has 3 aromatic carbocycles. The third-order valence-corrected chi connectivity index (χ3v) is 7.73. The van der Waals surface area contributed by atoms with Gasteiger partial charge in [0.15, 0.2) is 11.5 Å². The highest BCUT2D eigenvalue weighted by Gasteiger charge is 2.27. The zero-order valence-corrected chi connectivity index (χ0v) is 17.3. The fourth-order valence-corrected chi connectivity index (χ4v) is 5.93. The number of sulfonamides is 2. The predicted octanol–water partition coefficient (Wildman–Crippen LogP) is 3.04. The van der Waals surface area contributed by atoms with Crippen molar-refractivity contribution < 1.29 is 26.3 Å². The van der Waals surface area contributed by atoms with Gasteiger partial charge in [0.1, 0.15) is 0 Å². The summed E-state index contributed by atoms with van der Waals surface area (Å²) < 4.78 is 63.2. The molecule has 3 rings (SSSR count). The lowest BCUT2D eigenvalue weighted by Crippen LogP contribution is -2.31. The van der Waals surface area contributed by atoms with E-state index in [1.165, 1.54) is 50.6 Å². The number of rotatable bonds is 7. The van der Waals surface area contributed by atoms with Crippen molar-refractivity contribution in [2.75, 3.05) is 14.2 Å². The van der Waals surface area contributed by atoms with Crippen LogP contribution in [0.4, 0.5) is 0 Å². The van der Waals surface area contributed by atoms with Gasteiger partial charge in [0.2, 0.25) is 0 Å². The molecule has 29 heavy (non-hydrogen) atoms. The molecule has 152 valence electrons. The summed E-state index contributed by atoms with van der Waals surface area (Å²) in [6, 6.07) is 18.4. The lowest BCUT2D eigenvalue weighted by atomic mass is 10.1. The molecule has 0 spiro atoms. The van der Waals surface area contributed by atoms with Crippen molar-refractivity contribution in [2.24, 2.45) is 0 Å². The first-order valence-corrected chi connectivity index (χ1v) is 11.4. The smallest absolute Gasteiger partial charge is 0.254 e. The van der Waals surface area contributed by atoms with Crippen LogP contribution in [-0.2, 0) is 20.0 Å². The lowest BCUT2D eigenvalue weighted by molar-refractivity contribution is 0.355. The Bertz CT molecular complexity index is 1220. The molecule has 0 saturated carbocycles. The Hall–Kier alpha value is -2.88. The van der Waals surface area contributed by atoms with E-state index in [1.807, 2.05) is 4.13 Å². The summed E-state index contributed by atoms with van der Waals surface area (Å²) in [7, 11) is -5.70. The molecule has 3 aromatic rings. The predicted molar refractivity (Wildman–Crippen MR) is 109 cm³/mol.